The first-order valence-electron chi connectivity index (χ1n) is 12.9. The van der Waals surface area contributed by atoms with Crippen LogP contribution in [0.15, 0.2) is 41.1 Å². The first-order valence-corrected chi connectivity index (χ1v) is 12.9. The van der Waals surface area contributed by atoms with Gasteiger partial charge in [-0.25, -0.2) is 13.8 Å². The van der Waals surface area contributed by atoms with Gasteiger partial charge in [0.15, 0.2) is 11.6 Å². The van der Waals surface area contributed by atoms with Crippen LogP contribution < -0.4 is 10.2 Å². The minimum Gasteiger partial charge on any atom is -0.367 e. The molecule has 1 aromatic carbocycles. The number of aromatic nitrogens is 3. The van der Waals surface area contributed by atoms with E-state index in [0.717, 1.165) is 64.7 Å². The van der Waals surface area contributed by atoms with Crippen molar-refractivity contribution in [3.8, 4) is 11.1 Å². The Bertz CT molecular complexity index is 1470. The molecule has 0 radical (unpaired) electrons. The van der Waals surface area contributed by atoms with Crippen molar-refractivity contribution in [2.24, 2.45) is 0 Å². The molecule has 0 unspecified atom stereocenters. The number of fused-ring (bicyclic) bond motifs is 1. The maximum absolute atomic E-state index is 14.1. The number of hydrogen-bond acceptors (Lipinski definition) is 5. The zero-order valence-electron chi connectivity index (χ0n) is 20.9. The Morgan fingerprint density at radius 3 is 2.57 bits per heavy atom. The molecular formula is C28H29F2N5O2. The van der Waals surface area contributed by atoms with Crippen LogP contribution in [-0.2, 0) is 4.79 Å². The smallest absolute Gasteiger partial charge is 0.227 e. The van der Waals surface area contributed by atoms with Gasteiger partial charge in [-0.2, -0.15) is 0 Å². The molecule has 1 saturated heterocycles. The average Bonchev–Trinajstić information content (AvgIpc) is 3.55. The second-order valence-electron chi connectivity index (χ2n) is 10.1. The third-order valence-corrected chi connectivity index (χ3v) is 7.63. The van der Waals surface area contributed by atoms with Crippen LogP contribution in [0.4, 0.5) is 20.3 Å². The Labute approximate surface area is 213 Å². The van der Waals surface area contributed by atoms with E-state index >= 15 is 0 Å². The Hall–Kier alpha value is -3.75. The highest BCUT2D eigenvalue weighted by Gasteiger charge is 2.38. The van der Waals surface area contributed by atoms with E-state index in [9.17, 15) is 13.6 Å². The van der Waals surface area contributed by atoms with E-state index in [1.807, 2.05) is 36.6 Å². The van der Waals surface area contributed by atoms with Gasteiger partial charge in [-0.15, -0.1) is 0 Å². The molecule has 9 heteroatoms. The average molecular weight is 506 g/mol. The zero-order valence-corrected chi connectivity index (χ0v) is 20.9. The molecule has 3 aromatic heterocycles. The number of nitrogens with zero attached hydrogens (tertiary/aromatic N) is 4. The summed E-state index contributed by atoms with van der Waals surface area (Å²) < 4.78 is 35.2. The third-order valence-electron chi connectivity index (χ3n) is 7.63. The number of rotatable bonds is 5. The summed E-state index contributed by atoms with van der Waals surface area (Å²) in [5, 5.41) is 7.82. The van der Waals surface area contributed by atoms with Crippen molar-refractivity contribution in [2.75, 3.05) is 10.2 Å². The predicted octanol–water partition coefficient (Wildman–Crippen LogP) is 6.50. The van der Waals surface area contributed by atoms with Crippen molar-refractivity contribution in [2.45, 2.75) is 70.9 Å². The number of carbonyl (C=O) groups is 1. The molecule has 4 heterocycles. The molecule has 7 nitrogen and oxygen atoms in total. The largest absolute Gasteiger partial charge is 0.367 e. The summed E-state index contributed by atoms with van der Waals surface area (Å²) in [5.74, 6) is -0.463. The molecular weight excluding hydrogens is 476 g/mol. The number of anilines is 2. The van der Waals surface area contributed by atoms with Crippen LogP contribution in [0.25, 0.3) is 16.8 Å². The number of hydrogen-bond donors (Lipinski definition) is 1. The van der Waals surface area contributed by atoms with Crippen LogP contribution in [0.3, 0.4) is 0 Å². The monoisotopic (exact) mass is 505 g/mol. The lowest BCUT2D eigenvalue weighted by Crippen LogP contribution is -2.29. The van der Waals surface area contributed by atoms with Gasteiger partial charge in [-0.05, 0) is 62.9 Å². The van der Waals surface area contributed by atoms with Crippen molar-refractivity contribution in [1.82, 2.24) is 14.5 Å². The highest BCUT2D eigenvalue weighted by atomic mass is 19.2. The van der Waals surface area contributed by atoms with Crippen LogP contribution in [0.5, 0.6) is 0 Å². The number of benzene rings is 1. The Morgan fingerprint density at radius 1 is 1.03 bits per heavy atom. The van der Waals surface area contributed by atoms with Gasteiger partial charge in [0.25, 0.3) is 0 Å². The lowest BCUT2D eigenvalue weighted by atomic mass is 9.95. The van der Waals surface area contributed by atoms with Gasteiger partial charge in [0.2, 0.25) is 5.91 Å². The van der Waals surface area contributed by atoms with E-state index in [1.165, 1.54) is 25.3 Å². The molecule has 1 atom stereocenters. The fourth-order valence-electron chi connectivity index (χ4n) is 5.83. The SMILES string of the molecule is Cc1noc(C)c1-c1ccn2c(NC3CCCCC3)c([C@@H]3CCC(=O)N3c3ccc(F)c(F)c3)nc2c1. The number of nitrogens with one attached hydrogen (secondary N) is 1. The van der Waals surface area contributed by atoms with Gasteiger partial charge in [0.1, 0.15) is 22.9 Å². The molecule has 0 spiro atoms. The molecule has 1 N–H and O–H groups in total. The number of imidazole rings is 1. The number of aryl methyl sites for hydroxylation is 2. The molecule has 1 aliphatic heterocycles. The normalized spacial score (nSPS) is 18.8. The molecule has 2 fully saturated rings. The highest BCUT2D eigenvalue weighted by molar-refractivity contribution is 5.96. The van der Waals surface area contributed by atoms with Crippen LogP contribution in [0, 0.1) is 25.5 Å². The van der Waals surface area contributed by atoms with Gasteiger partial charge in [-0.1, -0.05) is 24.4 Å². The Morgan fingerprint density at radius 2 is 1.84 bits per heavy atom. The first-order chi connectivity index (χ1) is 17.9. The first kappa shape index (κ1) is 23.6. The van der Waals surface area contributed by atoms with Crippen LogP contribution in [-0.4, -0.2) is 26.5 Å². The maximum Gasteiger partial charge on any atom is 0.227 e. The molecule has 37 heavy (non-hydrogen) atoms. The molecule has 0 bridgehead atoms. The summed E-state index contributed by atoms with van der Waals surface area (Å²) in [4.78, 5) is 19.6. The van der Waals surface area contributed by atoms with Crippen LogP contribution in [0.2, 0.25) is 0 Å². The van der Waals surface area contributed by atoms with E-state index in [4.69, 9.17) is 9.51 Å². The second kappa shape index (κ2) is 9.28. The van der Waals surface area contributed by atoms with E-state index < -0.39 is 17.7 Å². The van der Waals surface area contributed by atoms with Gasteiger partial charge >= 0.3 is 0 Å². The van der Waals surface area contributed by atoms with Crippen molar-refractivity contribution in [3.63, 3.8) is 0 Å². The molecule has 2 aliphatic rings. The Balaban J connectivity index is 1.47. The third kappa shape index (κ3) is 4.16. The quantitative estimate of drug-likeness (QED) is 0.335. The summed E-state index contributed by atoms with van der Waals surface area (Å²) >= 11 is 0. The summed E-state index contributed by atoms with van der Waals surface area (Å²) in [6.45, 7) is 3.79. The van der Waals surface area contributed by atoms with Gasteiger partial charge in [-0.3, -0.25) is 9.20 Å². The van der Waals surface area contributed by atoms with Gasteiger partial charge in [0.05, 0.1) is 11.7 Å². The van der Waals surface area contributed by atoms with E-state index in [2.05, 4.69) is 10.5 Å². The number of carbonyl (C=O) groups excluding carboxylic acids is 1. The standard InChI is InChI=1S/C28H29F2N5O2/c1-16-26(17(2)37-33-16)18-12-13-34-24(14-18)32-27(28(34)31-19-6-4-3-5-7-19)23-10-11-25(36)35(23)20-8-9-21(29)22(30)15-20/h8-9,12-15,19,23,31H,3-7,10-11H2,1-2H3/t23-/m0/s1. The summed E-state index contributed by atoms with van der Waals surface area (Å²) in [5.41, 5.74) is 4.49. The summed E-state index contributed by atoms with van der Waals surface area (Å²) in [7, 11) is 0. The molecule has 1 aliphatic carbocycles. The van der Waals surface area contributed by atoms with Crippen molar-refractivity contribution < 1.29 is 18.1 Å². The number of pyridine rings is 1. The summed E-state index contributed by atoms with van der Waals surface area (Å²) in [6.07, 6.45) is 8.55. The topological polar surface area (TPSA) is 75.7 Å². The minimum absolute atomic E-state index is 0.131. The van der Waals surface area contributed by atoms with Crippen LogP contribution >= 0.6 is 0 Å². The van der Waals surface area contributed by atoms with Crippen molar-refractivity contribution >= 4 is 23.1 Å². The van der Waals surface area contributed by atoms with Crippen LogP contribution in [0.1, 0.15) is 68.1 Å². The van der Waals surface area contributed by atoms with E-state index in [1.54, 1.807) is 4.90 Å². The van der Waals surface area contributed by atoms with Crippen molar-refractivity contribution in [1.29, 1.82) is 0 Å². The van der Waals surface area contributed by atoms with Crippen molar-refractivity contribution in [3.05, 3.63) is 65.3 Å². The molecule has 4 aromatic rings. The minimum atomic E-state index is -0.976. The lowest BCUT2D eigenvalue weighted by Gasteiger charge is -2.27. The van der Waals surface area contributed by atoms with Gasteiger partial charge < -0.3 is 14.7 Å². The molecule has 1 amide bonds. The Kier molecular flexibility index (Phi) is 5.93. The molecule has 192 valence electrons. The van der Waals surface area contributed by atoms with Gasteiger partial charge in [0, 0.05) is 36.0 Å². The second-order valence-corrected chi connectivity index (χ2v) is 10.1. The number of halogens is 2. The predicted molar refractivity (Wildman–Crippen MR) is 136 cm³/mol. The fourth-order valence-corrected chi connectivity index (χ4v) is 5.83. The van der Waals surface area contributed by atoms with E-state index in [-0.39, 0.29) is 5.91 Å². The molecule has 6 rings (SSSR count). The van der Waals surface area contributed by atoms with E-state index in [0.29, 0.717) is 24.6 Å². The molecule has 1 saturated carbocycles. The fraction of sp³-hybridized carbons (Fsp3) is 0.393. The highest BCUT2D eigenvalue weighted by Crippen LogP contribution is 2.41. The number of amides is 1. The summed E-state index contributed by atoms with van der Waals surface area (Å²) in [6, 6.07) is 7.53. The zero-order chi connectivity index (χ0) is 25.7. The maximum atomic E-state index is 14.1. The lowest BCUT2D eigenvalue weighted by molar-refractivity contribution is -0.117.